The molecule has 4 rings (SSSR count). The van der Waals surface area contributed by atoms with Gasteiger partial charge in [0.15, 0.2) is 24.8 Å². The third-order valence-corrected chi connectivity index (χ3v) is 6.62. The molecule has 4 unspecified atom stereocenters. The molecule has 8 nitrogen and oxygen atoms in total. The molecule has 2 saturated carbocycles. The number of esters is 2. The first-order valence-electron chi connectivity index (χ1n) is 10.9. The van der Waals surface area contributed by atoms with Gasteiger partial charge in [-0.25, -0.2) is 0 Å². The van der Waals surface area contributed by atoms with E-state index in [9.17, 15) is 19.2 Å². The Bertz CT molecular complexity index is 978. The van der Waals surface area contributed by atoms with Crippen molar-refractivity contribution < 1.29 is 28.7 Å². The van der Waals surface area contributed by atoms with Gasteiger partial charge in [0, 0.05) is 22.5 Å². The molecule has 33 heavy (non-hydrogen) atoms. The van der Waals surface area contributed by atoms with Gasteiger partial charge in [-0.1, -0.05) is 0 Å². The quantitative estimate of drug-likeness (QED) is 0.355. The minimum absolute atomic E-state index is 0.0134. The molecule has 2 aromatic rings. The number of ketones is 2. The number of ether oxygens (including phenoxy) is 2. The molecule has 4 N–H and O–H groups in total. The number of hydrogen-bond donors (Lipinski definition) is 2. The summed E-state index contributed by atoms with van der Waals surface area (Å²) in [5, 5.41) is 0. The standard InChI is InChI=1S/C25H26N2O6/c26-18-7-3-14(4-8-18)20(28)12-32-24(30)22-16-1-2-17(11-16)23(22)25(31)33-13-21(29)15-5-9-19(27)10-6-15/h3-10,16-17,22-23H,1-2,11-13,26-27H2. The first kappa shape index (κ1) is 22.5. The van der Waals surface area contributed by atoms with Crippen molar-refractivity contribution in [3.05, 3.63) is 59.7 Å². The fourth-order valence-corrected chi connectivity index (χ4v) is 4.94. The van der Waals surface area contributed by atoms with Crippen LogP contribution in [0.2, 0.25) is 0 Å². The fourth-order valence-electron chi connectivity index (χ4n) is 4.94. The molecule has 0 heterocycles. The molecule has 4 atom stereocenters. The number of carbonyl (C=O) groups excluding carboxylic acids is 4. The van der Waals surface area contributed by atoms with Gasteiger partial charge in [-0.05, 0) is 79.6 Å². The molecule has 2 aliphatic rings. The summed E-state index contributed by atoms with van der Waals surface area (Å²) in [6, 6.07) is 12.7. The highest BCUT2D eigenvalue weighted by Gasteiger charge is 2.55. The summed E-state index contributed by atoms with van der Waals surface area (Å²) >= 11 is 0. The van der Waals surface area contributed by atoms with Gasteiger partial charge >= 0.3 is 11.9 Å². The SMILES string of the molecule is Nc1ccc(C(=O)COC(=O)C2C3CCC(C3)C2C(=O)OCC(=O)c2ccc(N)cc2)cc1. The Hall–Kier alpha value is -3.68. The zero-order chi connectivity index (χ0) is 23.5. The second-order valence-corrected chi connectivity index (χ2v) is 8.69. The summed E-state index contributed by atoms with van der Waals surface area (Å²) in [5.74, 6) is -3.14. The van der Waals surface area contributed by atoms with Crippen LogP contribution in [0.25, 0.3) is 0 Å². The minimum atomic E-state index is -0.665. The van der Waals surface area contributed by atoms with E-state index in [2.05, 4.69) is 0 Å². The van der Waals surface area contributed by atoms with Crippen LogP contribution in [0.4, 0.5) is 11.4 Å². The van der Waals surface area contributed by atoms with Crippen LogP contribution < -0.4 is 11.5 Å². The number of rotatable bonds is 8. The maximum atomic E-state index is 12.9. The van der Waals surface area contributed by atoms with Gasteiger partial charge in [-0.15, -0.1) is 0 Å². The van der Waals surface area contributed by atoms with E-state index < -0.39 is 37.0 Å². The molecule has 0 saturated heterocycles. The third kappa shape index (κ3) is 4.89. The predicted octanol–water partition coefficient (Wildman–Crippen LogP) is 2.67. The largest absolute Gasteiger partial charge is 0.457 e. The van der Waals surface area contributed by atoms with Crippen LogP contribution in [0.15, 0.2) is 48.5 Å². The summed E-state index contributed by atoms with van der Waals surface area (Å²) < 4.78 is 10.6. The summed E-state index contributed by atoms with van der Waals surface area (Å²) in [6.45, 7) is -0.817. The van der Waals surface area contributed by atoms with Crippen molar-refractivity contribution in [1.29, 1.82) is 0 Å². The van der Waals surface area contributed by atoms with Gasteiger partial charge < -0.3 is 20.9 Å². The Balaban J connectivity index is 1.35. The lowest BCUT2D eigenvalue weighted by molar-refractivity contribution is -0.162. The number of anilines is 2. The van der Waals surface area contributed by atoms with Crippen molar-refractivity contribution in [2.24, 2.45) is 23.7 Å². The normalized spacial score (nSPS) is 23.2. The number of hydrogen-bond acceptors (Lipinski definition) is 8. The van der Waals surface area contributed by atoms with Crippen LogP contribution in [0.3, 0.4) is 0 Å². The molecule has 0 spiro atoms. The molecule has 0 aliphatic heterocycles. The lowest BCUT2D eigenvalue weighted by Gasteiger charge is -2.27. The van der Waals surface area contributed by atoms with Crippen molar-refractivity contribution >= 4 is 34.9 Å². The van der Waals surface area contributed by atoms with E-state index in [4.69, 9.17) is 20.9 Å². The van der Waals surface area contributed by atoms with E-state index in [0.29, 0.717) is 22.5 Å². The molecule has 2 fully saturated rings. The summed E-state index contributed by atoms with van der Waals surface area (Å²) in [6.07, 6.45) is 2.38. The van der Waals surface area contributed by atoms with E-state index >= 15 is 0 Å². The Kier molecular flexibility index (Phi) is 6.44. The highest BCUT2D eigenvalue weighted by Crippen LogP contribution is 2.53. The van der Waals surface area contributed by atoms with Crippen LogP contribution in [0, 0.1) is 23.7 Å². The predicted molar refractivity (Wildman–Crippen MR) is 120 cm³/mol. The molecule has 2 bridgehead atoms. The van der Waals surface area contributed by atoms with Crippen molar-refractivity contribution in [3.8, 4) is 0 Å². The molecule has 0 amide bonds. The van der Waals surface area contributed by atoms with Crippen LogP contribution in [-0.4, -0.2) is 36.7 Å². The molecule has 2 aliphatic carbocycles. The minimum Gasteiger partial charge on any atom is -0.457 e. The van der Waals surface area contributed by atoms with Crippen LogP contribution in [0.5, 0.6) is 0 Å². The average molecular weight is 450 g/mol. The second-order valence-electron chi connectivity index (χ2n) is 8.69. The Morgan fingerprint density at radius 1 is 0.667 bits per heavy atom. The van der Waals surface area contributed by atoms with E-state index in [1.165, 1.54) is 0 Å². The molecule has 2 aromatic carbocycles. The van der Waals surface area contributed by atoms with E-state index in [0.717, 1.165) is 19.3 Å². The number of fused-ring (bicyclic) bond motifs is 2. The number of benzene rings is 2. The molecular formula is C25H26N2O6. The lowest BCUT2D eigenvalue weighted by Crippen LogP contribution is -2.38. The number of carbonyl (C=O) groups is 4. The first-order chi connectivity index (χ1) is 15.8. The van der Waals surface area contributed by atoms with Gasteiger partial charge in [-0.3, -0.25) is 19.2 Å². The zero-order valence-corrected chi connectivity index (χ0v) is 18.1. The number of nitrogens with two attached hydrogens (primary N) is 2. The van der Waals surface area contributed by atoms with Gasteiger partial charge in [0.1, 0.15) is 0 Å². The van der Waals surface area contributed by atoms with Crippen molar-refractivity contribution in [1.82, 2.24) is 0 Å². The molecule has 0 aromatic heterocycles. The number of nitrogen functional groups attached to an aromatic ring is 2. The van der Waals surface area contributed by atoms with E-state index in [1.807, 2.05) is 0 Å². The van der Waals surface area contributed by atoms with Crippen molar-refractivity contribution in [2.45, 2.75) is 19.3 Å². The van der Waals surface area contributed by atoms with Crippen molar-refractivity contribution in [2.75, 3.05) is 24.7 Å². The second kappa shape index (κ2) is 9.44. The smallest absolute Gasteiger partial charge is 0.310 e. The van der Waals surface area contributed by atoms with Crippen LogP contribution >= 0.6 is 0 Å². The lowest BCUT2D eigenvalue weighted by atomic mass is 9.79. The third-order valence-electron chi connectivity index (χ3n) is 6.62. The Morgan fingerprint density at radius 3 is 1.39 bits per heavy atom. The van der Waals surface area contributed by atoms with Crippen LogP contribution in [0.1, 0.15) is 40.0 Å². The van der Waals surface area contributed by atoms with Crippen LogP contribution in [-0.2, 0) is 19.1 Å². The molecule has 0 radical (unpaired) electrons. The average Bonchev–Trinajstić information content (AvgIpc) is 3.43. The van der Waals surface area contributed by atoms with Gasteiger partial charge in [0.2, 0.25) is 0 Å². The summed E-state index contributed by atoms with van der Waals surface area (Å²) in [7, 11) is 0. The monoisotopic (exact) mass is 450 g/mol. The van der Waals surface area contributed by atoms with E-state index in [1.54, 1.807) is 48.5 Å². The number of Topliss-reactive ketones (excluding diaryl/α,β-unsaturated/α-hetero) is 2. The topological polar surface area (TPSA) is 139 Å². The zero-order valence-electron chi connectivity index (χ0n) is 18.1. The molecule has 8 heteroatoms. The van der Waals surface area contributed by atoms with E-state index in [-0.39, 0.29) is 23.4 Å². The highest BCUT2D eigenvalue weighted by molar-refractivity contribution is 5.99. The first-order valence-corrected chi connectivity index (χ1v) is 10.9. The van der Waals surface area contributed by atoms with Gasteiger partial charge in [-0.2, -0.15) is 0 Å². The highest BCUT2D eigenvalue weighted by atomic mass is 16.5. The summed E-state index contributed by atoms with van der Waals surface area (Å²) in [5.41, 5.74) is 13.1. The molecule has 172 valence electrons. The molecular weight excluding hydrogens is 424 g/mol. The maximum absolute atomic E-state index is 12.9. The van der Waals surface area contributed by atoms with Gasteiger partial charge in [0.25, 0.3) is 0 Å². The fraction of sp³-hybridized carbons (Fsp3) is 0.360. The Morgan fingerprint density at radius 2 is 1.03 bits per heavy atom. The van der Waals surface area contributed by atoms with Gasteiger partial charge in [0.05, 0.1) is 11.8 Å². The maximum Gasteiger partial charge on any atom is 0.310 e. The Labute approximate surface area is 191 Å². The van der Waals surface area contributed by atoms with Crippen molar-refractivity contribution in [3.63, 3.8) is 0 Å². The summed E-state index contributed by atoms with van der Waals surface area (Å²) in [4.78, 5) is 50.4.